The first-order valence-corrected chi connectivity index (χ1v) is 12.1. The van der Waals surface area contributed by atoms with Crippen LogP contribution < -0.4 is 11.3 Å². The Labute approximate surface area is 228 Å². The van der Waals surface area contributed by atoms with Crippen molar-refractivity contribution in [2.24, 2.45) is 0 Å². The van der Waals surface area contributed by atoms with Crippen LogP contribution in [0.2, 0.25) is 0 Å². The van der Waals surface area contributed by atoms with Crippen molar-refractivity contribution in [2.75, 3.05) is 0 Å². The smallest absolute Gasteiger partial charge is 0.347 e. The molecule has 41 heavy (non-hydrogen) atoms. The van der Waals surface area contributed by atoms with Crippen molar-refractivity contribution >= 4 is 33.2 Å². The Morgan fingerprint density at radius 1 is 0.610 bits per heavy atom. The molecule has 2 aromatic heterocycles. The number of nitrogens with zero attached hydrogens (tertiary/aromatic N) is 4. The molecule has 0 atom stereocenters. The van der Waals surface area contributed by atoms with Crippen LogP contribution in [0.4, 0.5) is 11.4 Å². The van der Waals surface area contributed by atoms with Gasteiger partial charge in [-0.25, -0.2) is 19.6 Å². The van der Waals surface area contributed by atoms with Crippen molar-refractivity contribution in [1.82, 2.24) is 9.97 Å². The van der Waals surface area contributed by atoms with Crippen LogP contribution in [0.25, 0.3) is 44.7 Å². The first-order valence-electron chi connectivity index (χ1n) is 12.1. The summed E-state index contributed by atoms with van der Waals surface area (Å²) in [6, 6.07) is 21.7. The van der Waals surface area contributed by atoms with E-state index in [0.717, 1.165) is 11.1 Å². The molecular weight excluding hydrogens is 532 g/mol. The van der Waals surface area contributed by atoms with Crippen LogP contribution in [-0.4, -0.2) is 19.8 Å². The standard InChI is InChI=1S/C29H16N4O8/c34-28-20-14-16(9-11-22(20)30-26(40-28)18-5-1-3-7-24(18)32(36)37)13-17-10-12-23-21(15-17)29(35)41-27(31-23)19-6-2-4-8-25(19)33(38)39/h1-12,14-15H,13H2. The number of fused-ring (bicyclic) bond motifs is 2. The van der Waals surface area contributed by atoms with Crippen LogP contribution in [0.3, 0.4) is 0 Å². The van der Waals surface area contributed by atoms with Gasteiger partial charge in [0.1, 0.15) is 11.1 Å². The Morgan fingerprint density at radius 3 is 1.44 bits per heavy atom. The fourth-order valence-electron chi connectivity index (χ4n) is 4.55. The highest BCUT2D eigenvalue weighted by atomic mass is 16.6. The van der Waals surface area contributed by atoms with Gasteiger partial charge in [0, 0.05) is 12.1 Å². The minimum absolute atomic E-state index is 0.0919. The maximum Gasteiger partial charge on any atom is 0.347 e. The maximum absolute atomic E-state index is 12.8. The zero-order valence-electron chi connectivity index (χ0n) is 20.8. The molecule has 12 nitrogen and oxygen atoms in total. The fraction of sp³-hybridized carbons (Fsp3) is 0.0345. The summed E-state index contributed by atoms with van der Waals surface area (Å²) in [7, 11) is 0. The average Bonchev–Trinajstić information content (AvgIpc) is 2.97. The lowest BCUT2D eigenvalue weighted by Crippen LogP contribution is -2.06. The second-order valence-electron chi connectivity index (χ2n) is 9.04. The highest BCUT2D eigenvalue weighted by Gasteiger charge is 2.21. The molecule has 0 aliphatic carbocycles. The van der Waals surface area contributed by atoms with Gasteiger partial charge in [-0.05, 0) is 53.9 Å². The van der Waals surface area contributed by atoms with E-state index in [1.807, 2.05) is 0 Å². The van der Waals surface area contributed by atoms with E-state index in [4.69, 9.17) is 8.83 Å². The molecule has 0 bridgehead atoms. The van der Waals surface area contributed by atoms with E-state index in [-0.39, 0.29) is 45.1 Å². The molecule has 2 heterocycles. The second kappa shape index (κ2) is 9.93. The monoisotopic (exact) mass is 548 g/mol. The van der Waals surface area contributed by atoms with Crippen LogP contribution >= 0.6 is 0 Å². The van der Waals surface area contributed by atoms with Crippen LogP contribution in [0.5, 0.6) is 0 Å². The number of hydrogen-bond donors (Lipinski definition) is 0. The topological polar surface area (TPSA) is 172 Å². The molecule has 0 N–H and O–H groups in total. The molecular formula is C29H16N4O8. The number of nitro benzene ring substituents is 2. The molecule has 0 aliphatic heterocycles. The third kappa shape index (κ3) is 4.69. The van der Waals surface area contributed by atoms with E-state index in [9.17, 15) is 29.8 Å². The first-order chi connectivity index (χ1) is 19.8. The Balaban J connectivity index is 1.33. The van der Waals surface area contributed by atoms with Gasteiger partial charge < -0.3 is 8.83 Å². The third-order valence-electron chi connectivity index (χ3n) is 6.46. The summed E-state index contributed by atoms with van der Waals surface area (Å²) in [6.07, 6.45) is 0.336. The van der Waals surface area contributed by atoms with Crippen molar-refractivity contribution in [1.29, 1.82) is 0 Å². The van der Waals surface area contributed by atoms with Gasteiger partial charge in [-0.3, -0.25) is 20.2 Å². The largest absolute Gasteiger partial charge is 0.403 e. The van der Waals surface area contributed by atoms with Crippen molar-refractivity contribution in [3.63, 3.8) is 0 Å². The molecule has 0 saturated heterocycles. The molecule has 0 aliphatic rings. The highest BCUT2D eigenvalue weighted by Crippen LogP contribution is 2.30. The predicted molar refractivity (Wildman–Crippen MR) is 148 cm³/mol. The Kier molecular flexibility index (Phi) is 6.11. The number of para-hydroxylation sites is 2. The van der Waals surface area contributed by atoms with Gasteiger partial charge in [0.05, 0.1) is 31.7 Å². The molecule has 12 heteroatoms. The lowest BCUT2D eigenvalue weighted by Gasteiger charge is -2.07. The lowest BCUT2D eigenvalue weighted by molar-refractivity contribution is -0.384. The van der Waals surface area contributed by atoms with E-state index >= 15 is 0 Å². The third-order valence-corrected chi connectivity index (χ3v) is 6.46. The molecule has 200 valence electrons. The van der Waals surface area contributed by atoms with E-state index in [0.29, 0.717) is 17.5 Å². The number of benzene rings is 4. The zero-order chi connectivity index (χ0) is 28.7. The molecule has 4 aromatic carbocycles. The summed E-state index contributed by atoms with van der Waals surface area (Å²) in [4.78, 5) is 55.9. The van der Waals surface area contributed by atoms with Crippen LogP contribution in [0.1, 0.15) is 11.1 Å². The average molecular weight is 548 g/mol. The normalized spacial score (nSPS) is 11.1. The van der Waals surface area contributed by atoms with Gasteiger partial charge in [0.25, 0.3) is 11.4 Å². The van der Waals surface area contributed by atoms with E-state index in [2.05, 4.69) is 9.97 Å². The van der Waals surface area contributed by atoms with Gasteiger partial charge in [-0.1, -0.05) is 36.4 Å². The van der Waals surface area contributed by atoms with E-state index in [1.54, 1.807) is 48.5 Å². The molecule has 0 unspecified atom stereocenters. The molecule has 0 amide bonds. The molecule has 0 spiro atoms. The highest BCUT2D eigenvalue weighted by molar-refractivity contribution is 5.82. The Morgan fingerprint density at radius 2 is 1.02 bits per heavy atom. The molecule has 0 radical (unpaired) electrons. The first kappa shape index (κ1) is 25.2. The van der Waals surface area contributed by atoms with Gasteiger partial charge >= 0.3 is 11.3 Å². The van der Waals surface area contributed by atoms with E-state index in [1.165, 1.54) is 36.4 Å². The minimum atomic E-state index is -0.698. The molecule has 0 fully saturated rings. The zero-order valence-corrected chi connectivity index (χ0v) is 20.8. The van der Waals surface area contributed by atoms with Crippen molar-refractivity contribution in [3.8, 4) is 22.9 Å². The summed E-state index contributed by atoms with van der Waals surface area (Å²) in [5.41, 5.74) is 0.381. The maximum atomic E-state index is 12.8. The van der Waals surface area contributed by atoms with Crippen molar-refractivity contribution in [3.05, 3.63) is 137 Å². The van der Waals surface area contributed by atoms with Gasteiger partial charge in [0.2, 0.25) is 11.8 Å². The van der Waals surface area contributed by atoms with Gasteiger partial charge in [0.15, 0.2) is 0 Å². The van der Waals surface area contributed by atoms with Crippen LogP contribution in [0, 0.1) is 20.2 Å². The van der Waals surface area contributed by atoms with Crippen LogP contribution in [-0.2, 0) is 6.42 Å². The second-order valence-corrected chi connectivity index (χ2v) is 9.04. The Bertz CT molecular complexity index is 2000. The molecule has 6 rings (SSSR count). The van der Waals surface area contributed by atoms with Crippen molar-refractivity contribution < 1.29 is 18.7 Å². The lowest BCUT2D eigenvalue weighted by atomic mass is 10.0. The summed E-state index contributed by atoms with van der Waals surface area (Å²) in [5, 5.41) is 23.2. The van der Waals surface area contributed by atoms with Gasteiger partial charge in [-0.15, -0.1) is 0 Å². The Hall–Kier alpha value is -6.04. The predicted octanol–water partition coefficient (Wildman–Crippen LogP) is 5.43. The molecule has 6 aromatic rings. The molecule has 0 saturated carbocycles. The number of rotatable bonds is 6. The fourth-order valence-corrected chi connectivity index (χ4v) is 4.55. The van der Waals surface area contributed by atoms with Gasteiger partial charge in [-0.2, -0.15) is 0 Å². The summed E-state index contributed by atoms with van der Waals surface area (Å²) >= 11 is 0. The summed E-state index contributed by atoms with van der Waals surface area (Å²) < 4.78 is 10.7. The van der Waals surface area contributed by atoms with Crippen LogP contribution in [0.15, 0.2) is 103 Å². The van der Waals surface area contributed by atoms with E-state index < -0.39 is 21.1 Å². The van der Waals surface area contributed by atoms with Crippen molar-refractivity contribution in [2.45, 2.75) is 6.42 Å². The number of hydrogen-bond acceptors (Lipinski definition) is 10. The minimum Gasteiger partial charge on any atom is -0.403 e. The SMILES string of the molecule is O=c1oc(-c2ccccc2[N+](=O)[O-])nc2ccc(Cc3ccc4nc(-c5ccccc5[N+](=O)[O-])oc(=O)c4c3)cc12. The summed E-state index contributed by atoms with van der Waals surface area (Å²) in [5.74, 6) is -0.312. The summed E-state index contributed by atoms with van der Waals surface area (Å²) in [6.45, 7) is 0. The number of nitro groups is 2. The number of aromatic nitrogens is 2. The quantitative estimate of drug-likeness (QED) is 0.193.